The summed E-state index contributed by atoms with van der Waals surface area (Å²) < 4.78 is 5.94. The van der Waals surface area contributed by atoms with Gasteiger partial charge in [-0.2, -0.15) is 11.8 Å². The smallest absolute Gasteiger partial charge is 0.120 e. The molecule has 0 saturated heterocycles. The Labute approximate surface area is 122 Å². The van der Waals surface area contributed by atoms with Crippen LogP contribution in [0.2, 0.25) is 0 Å². The van der Waals surface area contributed by atoms with Crippen LogP contribution in [0.3, 0.4) is 0 Å². The molecule has 1 N–H and O–H groups in total. The maximum atomic E-state index is 5.94. The monoisotopic (exact) mass is 284 g/mol. The molecule has 0 aromatic carbocycles. The average molecular weight is 284 g/mol. The molecule has 0 fully saturated rings. The Kier molecular flexibility index (Phi) is 7.57. The van der Waals surface area contributed by atoms with Gasteiger partial charge in [0.15, 0.2) is 0 Å². The molecule has 1 aromatic rings. The average Bonchev–Trinajstić information content (AvgIpc) is 2.66. The van der Waals surface area contributed by atoms with Gasteiger partial charge in [0, 0.05) is 12.3 Å². The van der Waals surface area contributed by atoms with Crippen molar-refractivity contribution in [2.24, 2.45) is 5.92 Å². The van der Waals surface area contributed by atoms with Crippen molar-refractivity contribution in [1.82, 2.24) is 10.2 Å². The molecule has 0 aliphatic heterocycles. The summed E-state index contributed by atoms with van der Waals surface area (Å²) >= 11 is 1.88. The van der Waals surface area contributed by atoms with Crippen molar-refractivity contribution in [1.29, 1.82) is 0 Å². The van der Waals surface area contributed by atoms with Gasteiger partial charge in [0.25, 0.3) is 0 Å². The molecule has 110 valence electrons. The van der Waals surface area contributed by atoms with E-state index in [2.05, 4.69) is 50.4 Å². The first-order valence-electron chi connectivity index (χ1n) is 6.99. The highest BCUT2D eigenvalue weighted by Crippen LogP contribution is 2.16. The van der Waals surface area contributed by atoms with Gasteiger partial charge in [-0.1, -0.05) is 13.8 Å². The van der Waals surface area contributed by atoms with Gasteiger partial charge in [0.2, 0.25) is 0 Å². The van der Waals surface area contributed by atoms with Crippen LogP contribution in [0, 0.1) is 12.8 Å². The lowest BCUT2D eigenvalue weighted by atomic mass is 10.2. The fraction of sp³-hybridized carbons (Fsp3) is 0.733. The number of hydrogen-bond acceptors (Lipinski definition) is 4. The SMILES string of the molecule is CSCCN(C)Cc1cc(C)c(CNCC(C)C)o1. The molecule has 0 amide bonds. The molecule has 0 saturated carbocycles. The van der Waals surface area contributed by atoms with Crippen LogP contribution in [0.5, 0.6) is 0 Å². The summed E-state index contributed by atoms with van der Waals surface area (Å²) in [5.41, 5.74) is 1.25. The Morgan fingerprint density at radius 2 is 2.16 bits per heavy atom. The first kappa shape index (κ1) is 16.6. The Morgan fingerprint density at radius 3 is 2.79 bits per heavy atom. The van der Waals surface area contributed by atoms with E-state index in [-0.39, 0.29) is 0 Å². The summed E-state index contributed by atoms with van der Waals surface area (Å²) in [4.78, 5) is 2.31. The van der Waals surface area contributed by atoms with E-state index in [4.69, 9.17) is 4.42 Å². The van der Waals surface area contributed by atoms with Gasteiger partial charge in [-0.3, -0.25) is 4.90 Å². The van der Waals surface area contributed by atoms with Crippen LogP contribution in [0.15, 0.2) is 10.5 Å². The topological polar surface area (TPSA) is 28.4 Å². The van der Waals surface area contributed by atoms with Gasteiger partial charge >= 0.3 is 0 Å². The molecule has 0 atom stereocenters. The molecule has 1 heterocycles. The second kappa shape index (κ2) is 8.67. The standard InChI is InChI=1S/C15H28N2OS/c1-12(2)9-16-10-15-13(3)8-14(18-15)11-17(4)6-7-19-5/h8,12,16H,6-7,9-11H2,1-5H3. The predicted molar refractivity (Wildman–Crippen MR) is 84.7 cm³/mol. The third-order valence-electron chi connectivity index (χ3n) is 3.01. The molecule has 1 aromatic heterocycles. The molecule has 1 rings (SSSR count). The number of aryl methyl sites for hydroxylation is 1. The van der Waals surface area contributed by atoms with Crippen molar-refractivity contribution in [3.8, 4) is 0 Å². The molecule has 19 heavy (non-hydrogen) atoms. The van der Waals surface area contributed by atoms with E-state index in [1.54, 1.807) is 0 Å². The van der Waals surface area contributed by atoms with Gasteiger partial charge in [0.05, 0.1) is 13.1 Å². The van der Waals surface area contributed by atoms with Gasteiger partial charge < -0.3 is 9.73 Å². The molecular weight excluding hydrogens is 256 g/mol. The first-order valence-corrected chi connectivity index (χ1v) is 8.38. The predicted octanol–water partition coefficient (Wildman–Crippen LogP) is 3.13. The quantitative estimate of drug-likeness (QED) is 0.754. The minimum absolute atomic E-state index is 0.674. The van der Waals surface area contributed by atoms with E-state index < -0.39 is 0 Å². The van der Waals surface area contributed by atoms with Crippen molar-refractivity contribution >= 4 is 11.8 Å². The van der Waals surface area contributed by atoms with Crippen molar-refractivity contribution in [2.75, 3.05) is 32.1 Å². The summed E-state index contributed by atoms with van der Waals surface area (Å²) in [6, 6.07) is 2.17. The van der Waals surface area contributed by atoms with E-state index >= 15 is 0 Å². The van der Waals surface area contributed by atoms with Gasteiger partial charge in [-0.25, -0.2) is 0 Å². The second-order valence-electron chi connectivity index (χ2n) is 5.57. The zero-order valence-corrected chi connectivity index (χ0v) is 13.8. The molecular formula is C15H28N2OS. The Hall–Kier alpha value is -0.450. The van der Waals surface area contributed by atoms with E-state index in [1.807, 2.05) is 11.8 Å². The van der Waals surface area contributed by atoms with Gasteiger partial charge in [-0.15, -0.1) is 0 Å². The highest BCUT2D eigenvalue weighted by molar-refractivity contribution is 7.98. The van der Waals surface area contributed by atoms with Crippen LogP contribution in [0.25, 0.3) is 0 Å². The maximum Gasteiger partial charge on any atom is 0.120 e. The molecule has 0 spiro atoms. The van der Waals surface area contributed by atoms with Crippen molar-refractivity contribution in [3.63, 3.8) is 0 Å². The Morgan fingerprint density at radius 1 is 1.42 bits per heavy atom. The largest absolute Gasteiger partial charge is 0.463 e. The molecule has 0 radical (unpaired) electrons. The van der Waals surface area contributed by atoms with Crippen molar-refractivity contribution in [3.05, 3.63) is 23.2 Å². The summed E-state index contributed by atoms with van der Waals surface area (Å²) in [5.74, 6) is 3.99. The lowest BCUT2D eigenvalue weighted by molar-refractivity contribution is 0.304. The summed E-state index contributed by atoms with van der Waals surface area (Å²) in [5, 5.41) is 3.43. The molecule has 0 aliphatic rings. The number of hydrogen-bond donors (Lipinski definition) is 1. The zero-order valence-electron chi connectivity index (χ0n) is 13.0. The third kappa shape index (κ3) is 6.50. The van der Waals surface area contributed by atoms with Crippen LogP contribution in [-0.2, 0) is 13.1 Å². The number of nitrogens with zero attached hydrogens (tertiary/aromatic N) is 1. The highest BCUT2D eigenvalue weighted by Gasteiger charge is 2.09. The number of rotatable bonds is 9. The van der Waals surface area contributed by atoms with Gasteiger partial charge in [0.1, 0.15) is 11.5 Å². The van der Waals surface area contributed by atoms with Crippen molar-refractivity contribution < 1.29 is 4.42 Å². The second-order valence-corrected chi connectivity index (χ2v) is 6.56. The summed E-state index contributed by atoms with van der Waals surface area (Å²) in [6.07, 6.45) is 2.14. The number of thioether (sulfide) groups is 1. The van der Waals surface area contributed by atoms with E-state index in [0.29, 0.717) is 5.92 Å². The third-order valence-corrected chi connectivity index (χ3v) is 3.60. The normalized spacial score (nSPS) is 11.7. The fourth-order valence-corrected chi connectivity index (χ4v) is 2.40. The molecule has 0 unspecified atom stereocenters. The number of furan rings is 1. The minimum Gasteiger partial charge on any atom is -0.463 e. The van der Waals surface area contributed by atoms with Crippen LogP contribution in [0.4, 0.5) is 0 Å². The molecule has 4 heteroatoms. The summed E-state index contributed by atoms with van der Waals surface area (Å²) in [6.45, 7) is 10.4. The van der Waals surface area contributed by atoms with Crippen LogP contribution in [-0.4, -0.2) is 37.0 Å². The number of nitrogens with one attached hydrogen (secondary N) is 1. The Balaban J connectivity index is 2.44. The van der Waals surface area contributed by atoms with E-state index in [0.717, 1.165) is 37.7 Å². The first-order chi connectivity index (χ1) is 9.02. The summed E-state index contributed by atoms with van der Waals surface area (Å²) in [7, 11) is 2.14. The van der Waals surface area contributed by atoms with Gasteiger partial charge in [-0.05, 0) is 44.3 Å². The van der Waals surface area contributed by atoms with E-state index in [1.165, 1.54) is 11.3 Å². The Bertz CT molecular complexity index is 363. The molecule has 0 bridgehead atoms. The van der Waals surface area contributed by atoms with Crippen LogP contribution >= 0.6 is 11.8 Å². The van der Waals surface area contributed by atoms with Crippen molar-refractivity contribution in [2.45, 2.75) is 33.9 Å². The highest BCUT2D eigenvalue weighted by atomic mass is 32.2. The van der Waals surface area contributed by atoms with Crippen LogP contribution < -0.4 is 5.32 Å². The minimum atomic E-state index is 0.674. The fourth-order valence-electron chi connectivity index (χ4n) is 1.91. The lowest BCUT2D eigenvalue weighted by Crippen LogP contribution is -2.20. The molecule has 0 aliphatic carbocycles. The van der Waals surface area contributed by atoms with Crippen LogP contribution in [0.1, 0.15) is 30.9 Å². The van der Waals surface area contributed by atoms with E-state index in [9.17, 15) is 0 Å². The maximum absolute atomic E-state index is 5.94. The molecule has 3 nitrogen and oxygen atoms in total. The zero-order chi connectivity index (χ0) is 14.3. The lowest BCUT2D eigenvalue weighted by Gasteiger charge is -2.13.